The molecule has 92 valence electrons. The van der Waals surface area contributed by atoms with Crippen LogP contribution in [0.2, 0.25) is 0 Å². The molecular weight excluding hydrogens is 212 g/mol. The first-order valence-corrected chi connectivity index (χ1v) is 5.17. The molecule has 0 aromatic rings. The fourth-order valence-corrected chi connectivity index (χ4v) is 1.24. The van der Waals surface area contributed by atoms with E-state index in [-0.39, 0.29) is 25.7 Å². The third kappa shape index (κ3) is 2.70. The van der Waals surface area contributed by atoms with Crippen LogP contribution < -0.4 is 0 Å². The minimum Gasteiger partial charge on any atom is -0.447 e. The summed E-state index contributed by atoms with van der Waals surface area (Å²) in [6, 6.07) is 0. The molecule has 0 aliphatic carbocycles. The van der Waals surface area contributed by atoms with Gasteiger partial charge in [0.05, 0.1) is 19.7 Å². The van der Waals surface area contributed by atoms with Crippen molar-refractivity contribution >= 4 is 12.0 Å². The predicted octanol–water partition coefficient (Wildman–Crippen LogP) is -0.332. The van der Waals surface area contributed by atoms with Crippen molar-refractivity contribution in [2.75, 3.05) is 33.4 Å². The number of imide groups is 1. The van der Waals surface area contributed by atoms with Gasteiger partial charge in [0.2, 0.25) is 5.91 Å². The molecule has 1 saturated heterocycles. The van der Waals surface area contributed by atoms with Gasteiger partial charge in [0.1, 0.15) is 6.61 Å². The van der Waals surface area contributed by atoms with E-state index in [9.17, 15) is 9.59 Å². The Kier molecular flexibility index (Phi) is 3.88. The van der Waals surface area contributed by atoms with Crippen LogP contribution in [0.3, 0.4) is 0 Å². The Labute approximate surface area is 94.8 Å². The number of amides is 2. The lowest BCUT2D eigenvalue weighted by Gasteiger charge is -2.33. The lowest BCUT2D eigenvalue weighted by molar-refractivity contribution is -0.130. The van der Waals surface area contributed by atoms with Crippen LogP contribution in [0.1, 0.15) is 13.8 Å². The fourth-order valence-electron chi connectivity index (χ4n) is 1.24. The van der Waals surface area contributed by atoms with E-state index in [1.165, 1.54) is 0 Å². The zero-order valence-electron chi connectivity index (χ0n) is 9.89. The highest BCUT2D eigenvalue weighted by atomic mass is 16.6. The van der Waals surface area contributed by atoms with E-state index >= 15 is 0 Å². The van der Waals surface area contributed by atoms with Crippen LogP contribution in [0, 0.1) is 0 Å². The molecule has 0 saturated carbocycles. The standard InChI is InChI=1S/C10H18N2O4/c1-10(2,7-13)11(3)6-8(14)12-4-5-16-9(12)15/h13H,4-7H2,1-3H3. The van der Waals surface area contributed by atoms with Crippen molar-refractivity contribution in [3.8, 4) is 0 Å². The predicted molar refractivity (Wildman–Crippen MR) is 56.9 cm³/mol. The van der Waals surface area contributed by atoms with Gasteiger partial charge in [0, 0.05) is 5.54 Å². The topological polar surface area (TPSA) is 70.1 Å². The molecule has 0 spiro atoms. The highest BCUT2D eigenvalue weighted by molar-refractivity contribution is 5.94. The second-order valence-corrected chi connectivity index (χ2v) is 4.49. The van der Waals surface area contributed by atoms with Crippen LogP contribution in [0.5, 0.6) is 0 Å². The van der Waals surface area contributed by atoms with Crippen molar-refractivity contribution in [2.24, 2.45) is 0 Å². The summed E-state index contributed by atoms with van der Waals surface area (Å²) in [5.74, 6) is -0.300. The highest BCUT2D eigenvalue weighted by Crippen LogP contribution is 2.12. The average molecular weight is 230 g/mol. The van der Waals surface area contributed by atoms with Gasteiger partial charge in [-0.2, -0.15) is 0 Å². The van der Waals surface area contributed by atoms with Crippen LogP contribution in [0.4, 0.5) is 4.79 Å². The zero-order valence-corrected chi connectivity index (χ0v) is 9.89. The van der Waals surface area contributed by atoms with Gasteiger partial charge in [0.15, 0.2) is 0 Å². The molecular formula is C10H18N2O4. The summed E-state index contributed by atoms with van der Waals surface area (Å²) < 4.78 is 4.68. The molecule has 0 aromatic heterocycles. The Morgan fingerprint density at radius 3 is 2.69 bits per heavy atom. The zero-order chi connectivity index (χ0) is 12.3. The Bertz CT molecular complexity index is 291. The Morgan fingerprint density at radius 2 is 2.25 bits per heavy atom. The minimum absolute atomic E-state index is 0.0543. The van der Waals surface area contributed by atoms with E-state index < -0.39 is 11.6 Å². The molecule has 6 nitrogen and oxygen atoms in total. The van der Waals surface area contributed by atoms with Gasteiger partial charge in [-0.1, -0.05) is 0 Å². The summed E-state index contributed by atoms with van der Waals surface area (Å²) in [6.07, 6.45) is -0.583. The number of likely N-dealkylation sites (N-methyl/N-ethyl adjacent to an activating group) is 1. The molecule has 1 aliphatic heterocycles. The maximum Gasteiger partial charge on any atom is 0.416 e. The first-order chi connectivity index (χ1) is 7.38. The van der Waals surface area contributed by atoms with Crippen LogP contribution in [-0.4, -0.2) is 65.8 Å². The first kappa shape index (κ1) is 12.9. The Hall–Kier alpha value is -1.14. The summed E-state index contributed by atoms with van der Waals surface area (Å²) in [4.78, 5) is 25.7. The number of hydrogen-bond donors (Lipinski definition) is 1. The van der Waals surface area contributed by atoms with Crippen LogP contribution in [-0.2, 0) is 9.53 Å². The summed E-state index contributed by atoms with van der Waals surface area (Å²) in [5, 5.41) is 9.14. The van der Waals surface area contributed by atoms with E-state index in [4.69, 9.17) is 5.11 Å². The number of aliphatic hydroxyl groups excluding tert-OH is 1. The van der Waals surface area contributed by atoms with Gasteiger partial charge in [-0.3, -0.25) is 9.69 Å². The van der Waals surface area contributed by atoms with Crippen molar-refractivity contribution in [3.05, 3.63) is 0 Å². The molecule has 1 heterocycles. The molecule has 1 rings (SSSR count). The van der Waals surface area contributed by atoms with Crippen LogP contribution in [0.15, 0.2) is 0 Å². The summed E-state index contributed by atoms with van der Waals surface area (Å²) in [5.41, 5.74) is -0.487. The van der Waals surface area contributed by atoms with Gasteiger partial charge in [0.25, 0.3) is 0 Å². The lowest BCUT2D eigenvalue weighted by Crippen LogP contribution is -2.49. The third-order valence-electron chi connectivity index (χ3n) is 2.85. The number of cyclic esters (lactones) is 1. The van der Waals surface area contributed by atoms with E-state index in [2.05, 4.69) is 4.74 Å². The largest absolute Gasteiger partial charge is 0.447 e. The molecule has 1 fully saturated rings. The number of carbonyl (C=O) groups is 2. The summed E-state index contributed by atoms with van der Waals surface area (Å²) in [7, 11) is 1.73. The third-order valence-corrected chi connectivity index (χ3v) is 2.85. The second kappa shape index (κ2) is 4.80. The normalized spacial score (nSPS) is 16.8. The quantitative estimate of drug-likeness (QED) is 0.716. The molecule has 1 N–H and O–H groups in total. The second-order valence-electron chi connectivity index (χ2n) is 4.49. The van der Waals surface area contributed by atoms with E-state index in [0.29, 0.717) is 6.54 Å². The van der Waals surface area contributed by atoms with E-state index in [1.807, 2.05) is 13.8 Å². The van der Waals surface area contributed by atoms with Gasteiger partial charge < -0.3 is 9.84 Å². The minimum atomic E-state index is -0.583. The maximum atomic E-state index is 11.7. The van der Waals surface area contributed by atoms with E-state index in [0.717, 1.165) is 4.90 Å². The number of carbonyl (C=O) groups excluding carboxylic acids is 2. The monoisotopic (exact) mass is 230 g/mol. The van der Waals surface area contributed by atoms with Crippen LogP contribution >= 0.6 is 0 Å². The molecule has 0 unspecified atom stereocenters. The van der Waals surface area contributed by atoms with Crippen LogP contribution in [0.25, 0.3) is 0 Å². The average Bonchev–Trinajstić information content (AvgIpc) is 2.64. The number of ether oxygens (including phenoxy) is 1. The molecule has 6 heteroatoms. The lowest BCUT2D eigenvalue weighted by atomic mass is 10.1. The molecule has 2 amide bonds. The van der Waals surface area contributed by atoms with Crippen molar-refractivity contribution in [1.82, 2.24) is 9.80 Å². The van der Waals surface area contributed by atoms with E-state index in [1.54, 1.807) is 11.9 Å². The number of rotatable bonds is 4. The number of hydrogen-bond acceptors (Lipinski definition) is 5. The van der Waals surface area contributed by atoms with Gasteiger partial charge >= 0.3 is 6.09 Å². The van der Waals surface area contributed by atoms with Crippen molar-refractivity contribution < 1.29 is 19.4 Å². The van der Waals surface area contributed by atoms with Gasteiger partial charge in [-0.15, -0.1) is 0 Å². The van der Waals surface area contributed by atoms with Crippen molar-refractivity contribution in [2.45, 2.75) is 19.4 Å². The first-order valence-electron chi connectivity index (χ1n) is 5.17. The van der Waals surface area contributed by atoms with Crippen molar-refractivity contribution in [1.29, 1.82) is 0 Å². The van der Waals surface area contributed by atoms with Gasteiger partial charge in [-0.25, -0.2) is 9.69 Å². The highest BCUT2D eigenvalue weighted by Gasteiger charge is 2.31. The number of nitrogens with zero attached hydrogens (tertiary/aromatic N) is 2. The summed E-state index contributed by atoms with van der Waals surface area (Å²) in [6.45, 7) is 4.25. The smallest absolute Gasteiger partial charge is 0.416 e. The van der Waals surface area contributed by atoms with Crippen molar-refractivity contribution in [3.63, 3.8) is 0 Å². The molecule has 0 aromatic carbocycles. The molecule has 0 bridgehead atoms. The Morgan fingerprint density at radius 1 is 1.62 bits per heavy atom. The summed E-state index contributed by atoms with van der Waals surface area (Å²) >= 11 is 0. The molecule has 0 radical (unpaired) electrons. The maximum absolute atomic E-state index is 11.7. The molecule has 0 atom stereocenters. The van der Waals surface area contributed by atoms with Gasteiger partial charge in [-0.05, 0) is 20.9 Å². The molecule has 16 heavy (non-hydrogen) atoms. The Balaban J connectivity index is 2.54. The number of aliphatic hydroxyl groups is 1. The fraction of sp³-hybridized carbons (Fsp3) is 0.800. The SMILES string of the molecule is CN(CC(=O)N1CCOC1=O)C(C)(C)CO. The molecule has 1 aliphatic rings.